The summed E-state index contributed by atoms with van der Waals surface area (Å²) in [6.45, 7) is 0. The van der Waals surface area contributed by atoms with Crippen molar-refractivity contribution in [2.75, 3.05) is 0 Å². The van der Waals surface area contributed by atoms with E-state index in [1.54, 1.807) is 0 Å². The van der Waals surface area contributed by atoms with Gasteiger partial charge in [0.05, 0.1) is 5.71 Å². The van der Waals surface area contributed by atoms with E-state index in [2.05, 4.69) is 10.9 Å². The highest BCUT2D eigenvalue weighted by atomic mass is 16.4. The van der Waals surface area contributed by atoms with E-state index in [0.717, 1.165) is 17.5 Å². The molecule has 0 saturated heterocycles. The molecule has 0 aromatic carbocycles. The van der Waals surface area contributed by atoms with Crippen LogP contribution >= 0.6 is 0 Å². The standard InChI is InChI=1S/C10H15NO.CH3NO2/c12-11-10-8-2-6-1-7(4-8)5-9(10)3-6;2-1(3)4/h6-9,12H,1-5H2;2H2,(H,3,4). The predicted molar refractivity (Wildman–Crippen MR) is 58.5 cm³/mol. The lowest BCUT2D eigenvalue weighted by atomic mass is 9.55. The zero-order valence-electron chi connectivity index (χ0n) is 9.17. The first kappa shape index (κ1) is 11.2. The molecule has 1 amide bonds. The smallest absolute Gasteiger partial charge is 0.402 e. The molecule has 5 nitrogen and oxygen atoms in total. The Morgan fingerprint density at radius 2 is 1.50 bits per heavy atom. The van der Waals surface area contributed by atoms with Gasteiger partial charge in [-0.1, -0.05) is 5.16 Å². The van der Waals surface area contributed by atoms with Crippen molar-refractivity contribution in [3.05, 3.63) is 0 Å². The molecule has 90 valence electrons. The third kappa shape index (κ3) is 2.13. The second-order valence-electron chi connectivity index (χ2n) is 5.17. The lowest BCUT2D eigenvalue weighted by Crippen LogP contribution is -2.45. The van der Waals surface area contributed by atoms with Crippen molar-refractivity contribution in [2.24, 2.45) is 34.6 Å². The fourth-order valence-electron chi connectivity index (χ4n) is 3.83. The van der Waals surface area contributed by atoms with Gasteiger partial charge in [0.1, 0.15) is 0 Å². The second-order valence-corrected chi connectivity index (χ2v) is 5.17. The maximum Gasteiger partial charge on any atom is 0.402 e. The summed E-state index contributed by atoms with van der Waals surface area (Å²) < 4.78 is 0. The van der Waals surface area contributed by atoms with Crippen LogP contribution in [0.1, 0.15) is 32.1 Å². The second kappa shape index (κ2) is 4.31. The number of amides is 1. The summed E-state index contributed by atoms with van der Waals surface area (Å²) in [5, 5.41) is 19.6. The summed E-state index contributed by atoms with van der Waals surface area (Å²) in [7, 11) is 0. The highest BCUT2D eigenvalue weighted by Crippen LogP contribution is 2.52. The van der Waals surface area contributed by atoms with Crippen LogP contribution in [0, 0.1) is 23.7 Å². The molecule has 0 unspecified atom stereocenters. The van der Waals surface area contributed by atoms with Crippen molar-refractivity contribution in [3.63, 3.8) is 0 Å². The highest BCUT2D eigenvalue weighted by molar-refractivity contribution is 5.90. The Hall–Kier alpha value is -1.26. The molecule has 4 fully saturated rings. The Balaban J connectivity index is 0.000000212. The molecule has 4 saturated carbocycles. The summed E-state index contributed by atoms with van der Waals surface area (Å²) in [5.74, 6) is 3.26. The number of nitrogens with two attached hydrogens (primary N) is 1. The average Bonchev–Trinajstić information content (AvgIpc) is 2.15. The topological polar surface area (TPSA) is 95.9 Å². The fourth-order valence-corrected chi connectivity index (χ4v) is 3.83. The van der Waals surface area contributed by atoms with E-state index in [0.29, 0.717) is 11.8 Å². The lowest BCUT2D eigenvalue weighted by Gasteiger charge is -2.49. The van der Waals surface area contributed by atoms with Gasteiger partial charge in [0.2, 0.25) is 0 Å². The number of hydrogen-bond donors (Lipinski definition) is 3. The Labute approximate surface area is 94.3 Å². The monoisotopic (exact) mass is 226 g/mol. The van der Waals surface area contributed by atoms with Crippen LogP contribution in [0.25, 0.3) is 0 Å². The molecule has 0 radical (unpaired) electrons. The molecule has 16 heavy (non-hydrogen) atoms. The van der Waals surface area contributed by atoms with Crippen molar-refractivity contribution in [1.29, 1.82) is 0 Å². The third-order valence-electron chi connectivity index (χ3n) is 4.09. The van der Waals surface area contributed by atoms with E-state index in [1.165, 1.54) is 32.1 Å². The third-order valence-corrected chi connectivity index (χ3v) is 4.09. The van der Waals surface area contributed by atoms with Crippen LogP contribution in [0.3, 0.4) is 0 Å². The van der Waals surface area contributed by atoms with Gasteiger partial charge in [0.25, 0.3) is 0 Å². The first-order valence-electron chi connectivity index (χ1n) is 5.80. The molecule has 4 bridgehead atoms. The SMILES string of the molecule is NC(=O)O.ON=C1C2CC3CC(C2)CC1C3. The first-order valence-corrected chi connectivity index (χ1v) is 5.80. The minimum Gasteiger partial charge on any atom is -0.465 e. The van der Waals surface area contributed by atoms with Crippen LogP contribution in [0.2, 0.25) is 0 Å². The van der Waals surface area contributed by atoms with Gasteiger partial charge in [-0.25, -0.2) is 4.79 Å². The molecule has 0 aliphatic heterocycles. The number of rotatable bonds is 0. The van der Waals surface area contributed by atoms with Crippen LogP contribution in [-0.4, -0.2) is 22.1 Å². The van der Waals surface area contributed by atoms with E-state index >= 15 is 0 Å². The van der Waals surface area contributed by atoms with Gasteiger partial charge in [-0.15, -0.1) is 0 Å². The number of nitrogens with zero attached hydrogens (tertiary/aromatic N) is 1. The predicted octanol–water partition coefficient (Wildman–Crippen LogP) is 1.90. The molecule has 4 aliphatic rings. The number of carboxylic acid groups (broad SMARTS) is 1. The van der Waals surface area contributed by atoms with E-state index in [9.17, 15) is 0 Å². The van der Waals surface area contributed by atoms with Gasteiger partial charge < -0.3 is 16.0 Å². The van der Waals surface area contributed by atoms with Crippen molar-refractivity contribution in [1.82, 2.24) is 0 Å². The molecule has 0 atom stereocenters. The summed E-state index contributed by atoms with van der Waals surface area (Å²) >= 11 is 0. The largest absolute Gasteiger partial charge is 0.465 e. The quantitative estimate of drug-likeness (QED) is 0.434. The van der Waals surface area contributed by atoms with Crippen molar-refractivity contribution in [2.45, 2.75) is 32.1 Å². The molecule has 0 heterocycles. The zero-order valence-corrected chi connectivity index (χ0v) is 9.17. The van der Waals surface area contributed by atoms with E-state index < -0.39 is 6.09 Å². The molecule has 5 heteroatoms. The van der Waals surface area contributed by atoms with Gasteiger partial charge in [-0.05, 0) is 43.9 Å². The number of primary amides is 1. The minimum atomic E-state index is -1.33. The van der Waals surface area contributed by atoms with Crippen LogP contribution in [-0.2, 0) is 0 Å². The van der Waals surface area contributed by atoms with Gasteiger partial charge in [0.15, 0.2) is 0 Å². The lowest BCUT2D eigenvalue weighted by molar-refractivity contribution is 0.103. The molecule has 0 aromatic heterocycles. The van der Waals surface area contributed by atoms with E-state index in [1.807, 2.05) is 0 Å². The summed E-state index contributed by atoms with van der Waals surface area (Å²) in [6.07, 6.45) is 5.38. The van der Waals surface area contributed by atoms with Crippen LogP contribution < -0.4 is 5.73 Å². The summed E-state index contributed by atoms with van der Waals surface area (Å²) in [4.78, 5) is 8.78. The molecule has 0 spiro atoms. The number of oxime groups is 1. The Morgan fingerprint density at radius 1 is 1.12 bits per heavy atom. The minimum absolute atomic E-state index is 0.659. The number of carbonyl (C=O) groups is 1. The average molecular weight is 226 g/mol. The van der Waals surface area contributed by atoms with Gasteiger partial charge in [0, 0.05) is 11.8 Å². The van der Waals surface area contributed by atoms with Gasteiger partial charge in [-0.3, -0.25) is 0 Å². The maximum atomic E-state index is 8.89. The highest BCUT2D eigenvalue weighted by Gasteiger charge is 2.46. The Bertz CT molecular complexity index is 280. The Kier molecular flexibility index (Phi) is 3.03. The Morgan fingerprint density at radius 3 is 1.81 bits per heavy atom. The molecule has 4 N–H and O–H groups in total. The van der Waals surface area contributed by atoms with E-state index in [4.69, 9.17) is 15.1 Å². The summed E-state index contributed by atoms with van der Waals surface area (Å²) in [6, 6.07) is 0. The summed E-state index contributed by atoms with van der Waals surface area (Å²) in [5.41, 5.74) is 5.17. The zero-order chi connectivity index (χ0) is 11.7. The molecular formula is C11H18N2O3. The molecule has 4 rings (SSSR count). The van der Waals surface area contributed by atoms with Crippen molar-refractivity contribution in [3.8, 4) is 0 Å². The van der Waals surface area contributed by atoms with Crippen LogP contribution in [0.15, 0.2) is 5.16 Å². The first-order chi connectivity index (χ1) is 7.60. The normalized spacial score (nSPS) is 38.9. The van der Waals surface area contributed by atoms with Gasteiger partial charge in [-0.2, -0.15) is 0 Å². The number of hydrogen-bond acceptors (Lipinski definition) is 3. The van der Waals surface area contributed by atoms with Crippen LogP contribution in [0.4, 0.5) is 4.79 Å². The van der Waals surface area contributed by atoms with Gasteiger partial charge >= 0.3 is 6.09 Å². The maximum absolute atomic E-state index is 8.89. The van der Waals surface area contributed by atoms with Crippen LogP contribution in [0.5, 0.6) is 0 Å². The fraction of sp³-hybridized carbons (Fsp3) is 0.818. The molecule has 0 aromatic rings. The molecular weight excluding hydrogens is 208 g/mol. The van der Waals surface area contributed by atoms with Crippen molar-refractivity contribution < 1.29 is 15.1 Å². The molecule has 4 aliphatic carbocycles. The van der Waals surface area contributed by atoms with E-state index in [-0.39, 0.29) is 0 Å². The van der Waals surface area contributed by atoms with Crippen molar-refractivity contribution >= 4 is 11.8 Å².